The number of pyridine rings is 1. The fourth-order valence-corrected chi connectivity index (χ4v) is 6.25. The predicted molar refractivity (Wildman–Crippen MR) is 166 cm³/mol. The summed E-state index contributed by atoms with van der Waals surface area (Å²) in [5.41, 5.74) is 4.88. The first-order chi connectivity index (χ1) is 19.8. The summed E-state index contributed by atoms with van der Waals surface area (Å²) < 4.78 is 27.2. The molecule has 0 spiro atoms. The molecule has 4 aromatic carbocycles. The zero-order valence-electron chi connectivity index (χ0n) is 22.5. The third-order valence-corrected chi connectivity index (χ3v) is 8.62. The molecule has 206 valence electrons. The third kappa shape index (κ3) is 7.63. The fraction of sp³-hybridized carbons (Fsp3) is 0.0909. The number of rotatable bonds is 10. The van der Waals surface area contributed by atoms with Crippen LogP contribution in [0, 0.1) is 0 Å². The molecule has 41 heavy (non-hydrogen) atoms. The highest BCUT2D eigenvalue weighted by molar-refractivity contribution is 7.99. The molecule has 0 saturated heterocycles. The number of anilines is 2. The number of nitrogens with one attached hydrogen (secondary N) is 1. The minimum Gasteiger partial charge on any atom is -0.322 e. The van der Waals surface area contributed by atoms with Crippen molar-refractivity contribution >= 4 is 39.1 Å². The summed E-state index contributed by atoms with van der Waals surface area (Å²) in [6.45, 7) is 0.145. The van der Waals surface area contributed by atoms with Crippen LogP contribution in [0.3, 0.4) is 0 Å². The quantitative estimate of drug-likeness (QED) is 0.192. The van der Waals surface area contributed by atoms with E-state index in [9.17, 15) is 13.2 Å². The first-order valence-corrected chi connectivity index (χ1v) is 15.7. The summed E-state index contributed by atoms with van der Waals surface area (Å²) >= 11 is 1.52. The number of hydrogen-bond acceptors (Lipinski definition) is 5. The highest BCUT2D eigenvalue weighted by Crippen LogP contribution is 2.36. The average Bonchev–Trinajstić information content (AvgIpc) is 2.98. The minimum atomic E-state index is -3.58. The Kier molecular flexibility index (Phi) is 8.82. The van der Waals surface area contributed by atoms with Crippen molar-refractivity contribution in [3.63, 3.8) is 0 Å². The van der Waals surface area contributed by atoms with E-state index in [1.54, 1.807) is 36.7 Å². The van der Waals surface area contributed by atoms with Gasteiger partial charge in [0, 0.05) is 33.4 Å². The van der Waals surface area contributed by atoms with Gasteiger partial charge in [0.1, 0.15) is 0 Å². The van der Waals surface area contributed by atoms with Gasteiger partial charge in [-0.1, -0.05) is 66.4 Å². The Morgan fingerprint density at radius 1 is 0.756 bits per heavy atom. The smallest absolute Gasteiger partial charge is 0.255 e. The van der Waals surface area contributed by atoms with Crippen LogP contribution in [0.1, 0.15) is 27.0 Å². The Morgan fingerprint density at radius 2 is 1.37 bits per heavy atom. The van der Waals surface area contributed by atoms with Gasteiger partial charge >= 0.3 is 0 Å². The minimum absolute atomic E-state index is 0.145. The summed E-state index contributed by atoms with van der Waals surface area (Å²) in [5.74, 6) is -0.233. The van der Waals surface area contributed by atoms with Crippen molar-refractivity contribution in [1.82, 2.24) is 4.98 Å². The fourth-order valence-electron chi connectivity index (χ4n) is 4.32. The molecule has 1 N–H and O–H groups in total. The number of para-hydroxylation sites is 1. The Labute approximate surface area is 245 Å². The van der Waals surface area contributed by atoms with Crippen LogP contribution in [-0.4, -0.2) is 25.6 Å². The lowest BCUT2D eigenvalue weighted by molar-refractivity contribution is 0.102. The van der Waals surface area contributed by atoms with Crippen molar-refractivity contribution in [3.8, 4) is 0 Å². The third-order valence-electron chi connectivity index (χ3n) is 6.42. The first kappa shape index (κ1) is 28.1. The van der Waals surface area contributed by atoms with Crippen LogP contribution < -0.4 is 9.62 Å². The SMILES string of the molecule is CS(=O)(=O)N(Cc1ccc(C(=O)Nc2ccc(Cc3ccncc3)cc2)cc1)c1ccccc1Sc1ccccc1. The lowest BCUT2D eigenvalue weighted by Gasteiger charge is -2.25. The topological polar surface area (TPSA) is 79.4 Å². The second kappa shape index (κ2) is 12.8. The summed E-state index contributed by atoms with van der Waals surface area (Å²) in [7, 11) is -3.58. The Balaban J connectivity index is 1.27. The van der Waals surface area contributed by atoms with Crippen LogP contribution in [-0.2, 0) is 23.0 Å². The van der Waals surface area contributed by atoms with E-state index in [0.29, 0.717) is 16.9 Å². The van der Waals surface area contributed by atoms with Gasteiger partial charge in [-0.2, -0.15) is 0 Å². The number of benzene rings is 4. The highest BCUT2D eigenvalue weighted by atomic mass is 32.2. The van der Waals surface area contributed by atoms with Crippen LogP contribution in [0.2, 0.25) is 0 Å². The monoisotopic (exact) mass is 579 g/mol. The van der Waals surface area contributed by atoms with Gasteiger partial charge in [0.05, 0.1) is 18.5 Å². The van der Waals surface area contributed by atoms with Crippen molar-refractivity contribution in [1.29, 1.82) is 0 Å². The van der Waals surface area contributed by atoms with Gasteiger partial charge in [0.25, 0.3) is 5.91 Å². The van der Waals surface area contributed by atoms with Gasteiger partial charge in [0.2, 0.25) is 10.0 Å². The molecule has 5 aromatic rings. The molecule has 0 aliphatic carbocycles. The van der Waals surface area contributed by atoms with E-state index in [1.807, 2.05) is 91.0 Å². The van der Waals surface area contributed by atoms with Gasteiger partial charge in [-0.3, -0.25) is 14.1 Å². The number of sulfonamides is 1. The number of hydrogen-bond donors (Lipinski definition) is 1. The Hall–Kier alpha value is -4.40. The van der Waals surface area contributed by atoms with E-state index in [2.05, 4.69) is 10.3 Å². The number of amides is 1. The van der Waals surface area contributed by atoms with Crippen molar-refractivity contribution < 1.29 is 13.2 Å². The molecule has 0 fully saturated rings. The van der Waals surface area contributed by atoms with Gasteiger partial charge < -0.3 is 5.32 Å². The van der Waals surface area contributed by atoms with Crippen molar-refractivity contribution in [3.05, 3.63) is 150 Å². The standard InChI is InChI=1S/C33H29N3O3S2/c1-41(38,39)36(31-9-5-6-10-32(31)40-30-7-3-2-4-8-30)24-27-11-15-28(16-12-27)33(37)35-29-17-13-25(14-18-29)23-26-19-21-34-22-20-26/h2-22H,23-24H2,1H3,(H,35,37). The second-order valence-electron chi connectivity index (χ2n) is 9.53. The molecule has 0 aliphatic rings. The van der Waals surface area contributed by atoms with Gasteiger partial charge in [-0.05, 0) is 83.8 Å². The number of carbonyl (C=O) groups excluding carboxylic acids is 1. The molecule has 8 heteroatoms. The van der Waals surface area contributed by atoms with E-state index in [0.717, 1.165) is 27.3 Å². The van der Waals surface area contributed by atoms with Crippen LogP contribution in [0.25, 0.3) is 0 Å². The second-order valence-corrected chi connectivity index (χ2v) is 12.6. The van der Waals surface area contributed by atoms with Gasteiger partial charge in [0.15, 0.2) is 0 Å². The van der Waals surface area contributed by atoms with Gasteiger partial charge in [-0.25, -0.2) is 8.42 Å². The molecule has 1 aromatic heterocycles. The molecular formula is C33H29N3O3S2. The van der Waals surface area contributed by atoms with Crippen LogP contribution in [0.5, 0.6) is 0 Å². The van der Waals surface area contributed by atoms with Crippen LogP contribution in [0.4, 0.5) is 11.4 Å². The molecule has 5 rings (SSSR count). The van der Waals surface area contributed by atoms with Crippen LogP contribution >= 0.6 is 11.8 Å². The number of aromatic nitrogens is 1. The van der Waals surface area contributed by atoms with E-state index in [1.165, 1.54) is 27.9 Å². The van der Waals surface area contributed by atoms with Crippen molar-refractivity contribution in [2.24, 2.45) is 0 Å². The lowest BCUT2D eigenvalue weighted by Crippen LogP contribution is -2.29. The van der Waals surface area contributed by atoms with E-state index in [4.69, 9.17) is 0 Å². The first-order valence-electron chi connectivity index (χ1n) is 13.0. The predicted octanol–water partition coefficient (Wildman–Crippen LogP) is 7.04. The maximum atomic E-state index is 12.9. The average molecular weight is 580 g/mol. The molecule has 0 atom stereocenters. The van der Waals surface area contributed by atoms with Crippen molar-refractivity contribution in [2.75, 3.05) is 15.9 Å². The molecule has 1 heterocycles. The molecular weight excluding hydrogens is 551 g/mol. The van der Waals surface area contributed by atoms with E-state index < -0.39 is 10.0 Å². The molecule has 0 aliphatic heterocycles. The molecule has 0 bridgehead atoms. The number of carbonyl (C=O) groups is 1. The maximum absolute atomic E-state index is 12.9. The largest absolute Gasteiger partial charge is 0.322 e. The molecule has 0 radical (unpaired) electrons. The molecule has 0 unspecified atom stereocenters. The Bertz CT molecular complexity index is 1710. The normalized spacial score (nSPS) is 11.1. The van der Waals surface area contributed by atoms with Crippen molar-refractivity contribution in [2.45, 2.75) is 22.8 Å². The molecule has 6 nitrogen and oxygen atoms in total. The van der Waals surface area contributed by atoms with E-state index >= 15 is 0 Å². The van der Waals surface area contributed by atoms with E-state index in [-0.39, 0.29) is 12.5 Å². The summed E-state index contributed by atoms with van der Waals surface area (Å²) in [5, 5.41) is 2.93. The zero-order chi connectivity index (χ0) is 28.7. The Morgan fingerprint density at radius 3 is 2.05 bits per heavy atom. The summed E-state index contributed by atoms with van der Waals surface area (Å²) in [6.07, 6.45) is 5.55. The molecule has 1 amide bonds. The van der Waals surface area contributed by atoms with Crippen LogP contribution in [0.15, 0.2) is 137 Å². The molecule has 0 saturated carbocycles. The zero-order valence-corrected chi connectivity index (χ0v) is 24.1. The lowest BCUT2D eigenvalue weighted by atomic mass is 10.1. The number of nitrogens with zero attached hydrogens (tertiary/aromatic N) is 2. The van der Waals surface area contributed by atoms with Gasteiger partial charge in [-0.15, -0.1) is 0 Å². The summed E-state index contributed by atoms with van der Waals surface area (Å²) in [4.78, 5) is 18.8. The highest BCUT2D eigenvalue weighted by Gasteiger charge is 2.21. The maximum Gasteiger partial charge on any atom is 0.255 e. The summed E-state index contributed by atoms with van der Waals surface area (Å²) in [6, 6.07) is 36.1.